The van der Waals surface area contributed by atoms with E-state index in [2.05, 4.69) is 0 Å². The van der Waals surface area contributed by atoms with E-state index in [0.29, 0.717) is 5.92 Å². The minimum absolute atomic E-state index is 0.123. The highest BCUT2D eigenvalue weighted by atomic mass is 32.2. The molecule has 4 unspecified atom stereocenters. The van der Waals surface area contributed by atoms with Crippen LogP contribution in [0.1, 0.15) is 25.7 Å². The first-order valence-electron chi connectivity index (χ1n) is 6.87. The van der Waals surface area contributed by atoms with Crippen LogP contribution in [0.5, 0.6) is 0 Å². The van der Waals surface area contributed by atoms with Gasteiger partial charge in [0.15, 0.2) is 0 Å². The molecular weight excluding hydrogens is 245 g/mol. The van der Waals surface area contributed by atoms with Crippen LogP contribution in [0.25, 0.3) is 0 Å². The fourth-order valence-corrected chi connectivity index (χ4v) is 4.69. The van der Waals surface area contributed by atoms with Gasteiger partial charge in [-0.1, -0.05) is 18.6 Å². The minimum atomic E-state index is -0.123. The molecule has 98 valence electrons. The molecule has 0 aromatic heterocycles. The predicted molar refractivity (Wildman–Crippen MR) is 74.0 cm³/mol. The summed E-state index contributed by atoms with van der Waals surface area (Å²) in [5, 5.41) is 0. The molecule has 1 nitrogen and oxygen atoms in total. The van der Waals surface area contributed by atoms with Crippen LogP contribution in [0.2, 0.25) is 0 Å². The zero-order chi connectivity index (χ0) is 12.5. The second-order valence-electron chi connectivity index (χ2n) is 5.74. The molecular formula is C15H20FNS. The zero-order valence-electron chi connectivity index (χ0n) is 10.5. The van der Waals surface area contributed by atoms with Gasteiger partial charge >= 0.3 is 0 Å². The lowest BCUT2D eigenvalue weighted by atomic mass is 9.84. The highest BCUT2D eigenvalue weighted by Crippen LogP contribution is 2.49. The Bertz CT molecular complexity index is 423. The normalized spacial score (nSPS) is 31.8. The zero-order valence-corrected chi connectivity index (χ0v) is 11.3. The number of fused-ring (bicyclic) bond motifs is 2. The fraction of sp³-hybridized carbons (Fsp3) is 0.600. The van der Waals surface area contributed by atoms with Gasteiger partial charge in [-0.05, 0) is 49.1 Å². The van der Waals surface area contributed by atoms with Crippen molar-refractivity contribution >= 4 is 11.8 Å². The molecule has 0 heterocycles. The van der Waals surface area contributed by atoms with Gasteiger partial charge in [0.1, 0.15) is 5.82 Å². The number of benzene rings is 1. The monoisotopic (exact) mass is 265 g/mol. The van der Waals surface area contributed by atoms with Crippen LogP contribution in [0.15, 0.2) is 29.2 Å². The van der Waals surface area contributed by atoms with Crippen LogP contribution >= 0.6 is 11.8 Å². The third kappa shape index (κ3) is 2.43. The molecule has 2 bridgehead atoms. The summed E-state index contributed by atoms with van der Waals surface area (Å²) in [5.74, 6) is 3.19. The van der Waals surface area contributed by atoms with Crippen molar-refractivity contribution in [3.63, 3.8) is 0 Å². The molecule has 2 N–H and O–H groups in total. The average molecular weight is 265 g/mol. The average Bonchev–Trinajstić information content (AvgIpc) is 2.99. The maximum Gasteiger partial charge on any atom is 0.136 e. The summed E-state index contributed by atoms with van der Waals surface area (Å²) >= 11 is 1.57. The van der Waals surface area contributed by atoms with Gasteiger partial charge in [0.05, 0.1) is 0 Å². The number of hydrogen-bond acceptors (Lipinski definition) is 2. The van der Waals surface area contributed by atoms with E-state index in [4.69, 9.17) is 5.73 Å². The number of rotatable bonds is 4. The Morgan fingerprint density at radius 3 is 2.78 bits per heavy atom. The Morgan fingerprint density at radius 1 is 1.28 bits per heavy atom. The van der Waals surface area contributed by atoms with Crippen LogP contribution in [0.3, 0.4) is 0 Å². The van der Waals surface area contributed by atoms with Gasteiger partial charge in [0, 0.05) is 16.7 Å². The maximum absolute atomic E-state index is 13.5. The van der Waals surface area contributed by atoms with E-state index < -0.39 is 0 Å². The van der Waals surface area contributed by atoms with E-state index >= 15 is 0 Å². The quantitative estimate of drug-likeness (QED) is 0.840. The molecule has 0 radical (unpaired) electrons. The molecule has 2 saturated carbocycles. The largest absolute Gasteiger partial charge is 0.327 e. The molecule has 2 fully saturated rings. The Hall–Kier alpha value is -0.540. The molecule has 18 heavy (non-hydrogen) atoms. The Balaban J connectivity index is 1.56. The Labute approximate surface area is 112 Å². The van der Waals surface area contributed by atoms with E-state index in [1.165, 1.54) is 31.7 Å². The van der Waals surface area contributed by atoms with Crippen molar-refractivity contribution in [3.05, 3.63) is 30.1 Å². The van der Waals surface area contributed by atoms with E-state index in [9.17, 15) is 4.39 Å². The summed E-state index contributed by atoms with van der Waals surface area (Å²) in [6.45, 7) is 0. The Kier molecular flexibility index (Phi) is 3.62. The number of nitrogens with two attached hydrogens (primary N) is 1. The van der Waals surface area contributed by atoms with Crippen molar-refractivity contribution in [1.82, 2.24) is 0 Å². The van der Waals surface area contributed by atoms with Gasteiger partial charge < -0.3 is 5.73 Å². The highest BCUT2D eigenvalue weighted by molar-refractivity contribution is 7.99. The lowest BCUT2D eigenvalue weighted by Crippen LogP contribution is -2.35. The lowest BCUT2D eigenvalue weighted by molar-refractivity contribution is 0.295. The molecule has 2 aliphatic rings. The first-order valence-corrected chi connectivity index (χ1v) is 7.85. The summed E-state index contributed by atoms with van der Waals surface area (Å²) in [6, 6.07) is 7.20. The topological polar surface area (TPSA) is 26.0 Å². The van der Waals surface area contributed by atoms with Crippen molar-refractivity contribution in [3.8, 4) is 0 Å². The van der Waals surface area contributed by atoms with Crippen LogP contribution in [-0.4, -0.2) is 11.8 Å². The third-order valence-electron chi connectivity index (χ3n) is 4.61. The molecule has 0 saturated heterocycles. The number of halogens is 1. The molecule has 3 heteroatoms. The van der Waals surface area contributed by atoms with Crippen LogP contribution in [-0.2, 0) is 0 Å². The van der Waals surface area contributed by atoms with Crippen molar-refractivity contribution in [2.24, 2.45) is 23.5 Å². The van der Waals surface area contributed by atoms with Crippen LogP contribution in [0, 0.1) is 23.6 Å². The second kappa shape index (κ2) is 5.22. The van der Waals surface area contributed by atoms with Gasteiger partial charge in [-0.25, -0.2) is 4.39 Å². The number of hydrogen-bond donors (Lipinski definition) is 1. The van der Waals surface area contributed by atoms with E-state index in [1.807, 2.05) is 12.1 Å². The van der Waals surface area contributed by atoms with Gasteiger partial charge in [0.25, 0.3) is 0 Å². The molecule has 1 aromatic carbocycles. The molecule has 0 amide bonds. The van der Waals surface area contributed by atoms with E-state index in [1.54, 1.807) is 17.8 Å². The van der Waals surface area contributed by atoms with E-state index in [0.717, 1.165) is 22.5 Å². The van der Waals surface area contributed by atoms with Gasteiger partial charge in [0.2, 0.25) is 0 Å². The first-order chi connectivity index (χ1) is 8.74. The SMILES string of the molecule is NC(CSc1ccccc1F)C1CC2CCC1C2. The first kappa shape index (κ1) is 12.5. The summed E-state index contributed by atoms with van der Waals surface area (Å²) in [4.78, 5) is 0.733. The predicted octanol–water partition coefficient (Wildman–Crippen LogP) is 3.68. The van der Waals surface area contributed by atoms with E-state index in [-0.39, 0.29) is 11.9 Å². The minimum Gasteiger partial charge on any atom is -0.327 e. The summed E-state index contributed by atoms with van der Waals surface area (Å²) in [6.07, 6.45) is 5.48. The Morgan fingerprint density at radius 2 is 2.11 bits per heavy atom. The molecule has 0 aliphatic heterocycles. The van der Waals surface area contributed by atoms with Gasteiger partial charge in [-0.3, -0.25) is 0 Å². The summed E-state index contributed by atoms with van der Waals surface area (Å²) < 4.78 is 13.5. The molecule has 2 aliphatic carbocycles. The molecule has 4 atom stereocenters. The van der Waals surface area contributed by atoms with Crippen LogP contribution < -0.4 is 5.73 Å². The second-order valence-corrected chi connectivity index (χ2v) is 6.81. The summed E-state index contributed by atoms with van der Waals surface area (Å²) in [7, 11) is 0. The highest BCUT2D eigenvalue weighted by Gasteiger charge is 2.41. The smallest absolute Gasteiger partial charge is 0.136 e. The molecule has 1 aromatic rings. The third-order valence-corrected chi connectivity index (χ3v) is 5.80. The summed E-state index contributed by atoms with van der Waals surface area (Å²) in [5.41, 5.74) is 6.32. The van der Waals surface area contributed by atoms with Gasteiger partial charge in [-0.2, -0.15) is 0 Å². The molecule has 0 spiro atoms. The van der Waals surface area contributed by atoms with Crippen molar-refractivity contribution < 1.29 is 4.39 Å². The standard InChI is InChI=1S/C15H20FNS/c16-13-3-1-2-4-15(13)18-9-14(17)12-8-10-5-6-11(12)7-10/h1-4,10-12,14H,5-9,17H2. The molecule has 3 rings (SSSR count). The van der Waals surface area contributed by atoms with Crippen molar-refractivity contribution in [2.75, 3.05) is 5.75 Å². The van der Waals surface area contributed by atoms with Crippen LogP contribution in [0.4, 0.5) is 4.39 Å². The lowest BCUT2D eigenvalue weighted by Gasteiger charge is -2.27. The maximum atomic E-state index is 13.5. The fourth-order valence-electron chi connectivity index (χ4n) is 3.69. The van der Waals surface area contributed by atoms with Gasteiger partial charge in [-0.15, -0.1) is 11.8 Å². The van der Waals surface area contributed by atoms with Crippen molar-refractivity contribution in [1.29, 1.82) is 0 Å². The van der Waals surface area contributed by atoms with Crippen molar-refractivity contribution in [2.45, 2.75) is 36.6 Å². The number of thioether (sulfide) groups is 1.